The minimum absolute atomic E-state index is 0.172. The van der Waals surface area contributed by atoms with Gasteiger partial charge in [0.15, 0.2) is 6.04 Å². The number of hydrogen-bond acceptors (Lipinski definition) is 6. The number of nitrogens with one attached hydrogen (secondary N) is 3. The fraction of sp³-hybridized carbons (Fsp3) is 0.233. The minimum atomic E-state index is -4.71. The highest BCUT2D eigenvalue weighted by atomic mass is 19.4. The Bertz CT molecular complexity index is 1490. The van der Waals surface area contributed by atoms with E-state index < -0.39 is 41.5 Å². The first-order chi connectivity index (χ1) is 19.9. The van der Waals surface area contributed by atoms with Crippen molar-refractivity contribution >= 4 is 23.2 Å². The van der Waals surface area contributed by atoms with Gasteiger partial charge in [-0.3, -0.25) is 19.8 Å². The first-order valence-electron chi connectivity index (χ1n) is 12.6. The highest BCUT2D eigenvalue weighted by Gasteiger charge is 2.33. The van der Waals surface area contributed by atoms with Crippen molar-refractivity contribution in [2.75, 3.05) is 11.9 Å². The number of hydrogen-bond donors (Lipinski definition) is 5. The van der Waals surface area contributed by atoms with E-state index in [1.54, 1.807) is 55.5 Å². The molecule has 3 aromatic carbocycles. The zero-order chi connectivity index (χ0) is 30.9. The number of benzene rings is 3. The van der Waals surface area contributed by atoms with Crippen LogP contribution >= 0.6 is 0 Å². The second-order valence-corrected chi connectivity index (χ2v) is 9.23. The van der Waals surface area contributed by atoms with Gasteiger partial charge in [0, 0.05) is 29.1 Å². The molecule has 42 heavy (non-hydrogen) atoms. The van der Waals surface area contributed by atoms with E-state index in [-0.39, 0.29) is 18.7 Å². The summed E-state index contributed by atoms with van der Waals surface area (Å²) in [4.78, 5) is 28.1. The minimum Gasteiger partial charge on any atom is -0.391 e. The summed E-state index contributed by atoms with van der Waals surface area (Å²) >= 11 is 0. The summed E-state index contributed by atoms with van der Waals surface area (Å²) in [5, 5.41) is 23.8. The normalized spacial score (nSPS) is 13.0. The third-order valence-electron chi connectivity index (χ3n) is 5.97. The number of nitrogens with zero attached hydrogens (tertiary/aromatic N) is 1. The number of alkyl halides is 3. The van der Waals surface area contributed by atoms with E-state index in [4.69, 9.17) is 5.21 Å². The molecule has 0 aliphatic carbocycles. The van der Waals surface area contributed by atoms with Crippen LogP contribution in [0.3, 0.4) is 0 Å². The van der Waals surface area contributed by atoms with Crippen molar-refractivity contribution in [1.82, 2.24) is 10.8 Å². The van der Waals surface area contributed by atoms with Gasteiger partial charge in [0.05, 0.1) is 18.2 Å². The highest BCUT2D eigenvalue weighted by Crippen LogP contribution is 2.32. The molecule has 0 heterocycles. The van der Waals surface area contributed by atoms with E-state index in [9.17, 15) is 32.3 Å². The second kappa shape index (κ2) is 14.4. The third kappa shape index (κ3) is 9.24. The molecule has 12 heteroatoms. The number of hydroxylamine groups is 1. The summed E-state index contributed by atoms with van der Waals surface area (Å²) < 4.78 is 52.6. The summed E-state index contributed by atoms with van der Waals surface area (Å²) in [5.74, 6) is 3.72. The average Bonchev–Trinajstić information content (AvgIpc) is 2.95. The Morgan fingerprint density at radius 1 is 0.976 bits per heavy atom. The van der Waals surface area contributed by atoms with Crippen molar-refractivity contribution in [3.63, 3.8) is 0 Å². The molecule has 0 saturated carbocycles. The molecule has 0 fully saturated rings. The van der Waals surface area contributed by atoms with E-state index in [0.29, 0.717) is 34.2 Å². The number of halogens is 4. The summed E-state index contributed by atoms with van der Waals surface area (Å²) in [6, 6.07) is 14.9. The third-order valence-corrected chi connectivity index (χ3v) is 5.97. The summed E-state index contributed by atoms with van der Waals surface area (Å²) in [6.45, 7) is 2.54. The fourth-order valence-electron chi connectivity index (χ4n) is 3.79. The Balaban J connectivity index is 1.55. The Morgan fingerprint density at radius 3 is 2.12 bits per heavy atom. The lowest BCUT2D eigenvalue weighted by Crippen LogP contribution is -2.38. The van der Waals surface area contributed by atoms with Gasteiger partial charge in [0.1, 0.15) is 5.82 Å². The molecule has 0 saturated heterocycles. The summed E-state index contributed by atoms with van der Waals surface area (Å²) in [7, 11) is 0. The molecule has 8 nitrogen and oxygen atoms in total. The van der Waals surface area contributed by atoms with Gasteiger partial charge < -0.3 is 15.7 Å². The van der Waals surface area contributed by atoms with Crippen LogP contribution in [0.25, 0.3) is 0 Å². The largest absolute Gasteiger partial charge is 0.416 e. The predicted octanol–water partition coefficient (Wildman–Crippen LogP) is 4.04. The van der Waals surface area contributed by atoms with Gasteiger partial charge in [0.2, 0.25) is 5.91 Å². The molecular weight excluding hydrogens is 556 g/mol. The lowest BCUT2D eigenvalue weighted by molar-refractivity contribution is -0.138. The van der Waals surface area contributed by atoms with Crippen LogP contribution in [0, 0.1) is 17.7 Å². The first-order valence-corrected chi connectivity index (χ1v) is 12.6. The van der Waals surface area contributed by atoms with Crippen LogP contribution in [0.1, 0.15) is 41.7 Å². The van der Waals surface area contributed by atoms with Crippen LogP contribution in [0.5, 0.6) is 0 Å². The van der Waals surface area contributed by atoms with E-state index in [1.807, 2.05) is 0 Å². The number of anilines is 1. The second-order valence-electron chi connectivity index (χ2n) is 9.23. The molecule has 3 aromatic rings. The molecule has 0 spiro atoms. The van der Waals surface area contributed by atoms with Crippen LogP contribution in [0.2, 0.25) is 0 Å². The van der Waals surface area contributed by atoms with Gasteiger partial charge in [-0.25, -0.2) is 9.87 Å². The lowest BCUT2D eigenvalue weighted by Gasteiger charge is -2.14. The monoisotopic (exact) mass is 584 g/mol. The van der Waals surface area contributed by atoms with Crippen LogP contribution in [0.4, 0.5) is 23.2 Å². The molecule has 2 amide bonds. The van der Waals surface area contributed by atoms with E-state index >= 15 is 0 Å². The van der Waals surface area contributed by atoms with Gasteiger partial charge in [-0.15, -0.1) is 0 Å². The zero-order valence-electron chi connectivity index (χ0n) is 22.6. The fourth-order valence-corrected chi connectivity index (χ4v) is 3.79. The van der Waals surface area contributed by atoms with Crippen LogP contribution < -0.4 is 16.1 Å². The average molecular weight is 585 g/mol. The van der Waals surface area contributed by atoms with Crippen molar-refractivity contribution < 1.29 is 37.5 Å². The van der Waals surface area contributed by atoms with Crippen molar-refractivity contribution in [1.29, 1.82) is 0 Å². The molecule has 0 aliphatic heterocycles. The van der Waals surface area contributed by atoms with Crippen LogP contribution in [-0.2, 0) is 22.3 Å². The van der Waals surface area contributed by atoms with E-state index in [2.05, 4.69) is 27.5 Å². The predicted molar refractivity (Wildman–Crippen MR) is 148 cm³/mol. The molecule has 220 valence electrons. The van der Waals surface area contributed by atoms with Gasteiger partial charge >= 0.3 is 6.18 Å². The number of rotatable bonds is 9. The Kier molecular flexibility index (Phi) is 10.9. The van der Waals surface area contributed by atoms with Crippen molar-refractivity contribution in [3.8, 4) is 11.8 Å². The van der Waals surface area contributed by atoms with Crippen molar-refractivity contribution in [3.05, 3.63) is 100 Å². The maximum atomic E-state index is 13.2. The summed E-state index contributed by atoms with van der Waals surface area (Å²) in [5.41, 5.74) is 3.24. The molecular formula is C30H28F4N4O4. The molecule has 0 aliphatic rings. The van der Waals surface area contributed by atoms with Crippen molar-refractivity contribution in [2.45, 2.75) is 38.7 Å². The standard InChI is InChI=1S/C30H28F4N4O4/c1-18(36-28(19(2)39)29(41)38-42)22-9-5-20(6-10-22)3-4-21-7-13-25(14-8-21)37-27(40)17-35-16-23-11-12-24(31)15-26(23)30(32,33)34/h5-15,19,28,35,39,42H,16-17H2,1-2H3,(H,37,40)(H,38,41)/t19-,28+/m1/s1. The smallest absolute Gasteiger partial charge is 0.391 e. The van der Waals surface area contributed by atoms with E-state index in [0.717, 1.165) is 12.1 Å². The SMILES string of the molecule is CC(=N[C@H](C(=O)NO)[C@@H](C)O)c1ccc(C#Cc2ccc(NC(=O)CNCc3ccc(F)cc3C(F)(F)F)cc2)cc1. The molecule has 0 radical (unpaired) electrons. The number of aliphatic hydroxyl groups is 1. The molecule has 0 aromatic heterocycles. The zero-order valence-corrected chi connectivity index (χ0v) is 22.6. The number of carbonyl (C=O) groups excluding carboxylic acids is 2. The lowest BCUT2D eigenvalue weighted by atomic mass is 10.1. The quantitative estimate of drug-likeness (QED) is 0.0855. The molecule has 5 N–H and O–H groups in total. The maximum Gasteiger partial charge on any atom is 0.416 e. The Hall–Kier alpha value is -4.57. The maximum absolute atomic E-state index is 13.2. The summed E-state index contributed by atoms with van der Waals surface area (Å²) in [6.07, 6.45) is -5.81. The highest BCUT2D eigenvalue weighted by molar-refractivity contribution is 6.00. The number of carbonyl (C=O) groups is 2. The van der Waals surface area contributed by atoms with Gasteiger partial charge in [-0.2, -0.15) is 13.2 Å². The molecule has 2 atom stereocenters. The number of aliphatic imine (C=N–C) groups is 1. The Labute approximate surface area is 239 Å². The van der Waals surface area contributed by atoms with Gasteiger partial charge in [0.25, 0.3) is 5.91 Å². The Morgan fingerprint density at radius 2 is 1.57 bits per heavy atom. The van der Waals surface area contributed by atoms with Gasteiger partial charge in [-0.1, -0.05) is 30.0 Å². The number of amides is 2. The number of aliphatic hydroxyl groups excluding tert-OH is 1. The topological polar surface area (TPSA) is 123 Å². The molecule has 0 bridgehead atoms. The van der Waals surface area contributed by atoms with Crippen molar-refractivity contribution in [2.24, 2.45) is 4.99 Å². The molecule has 3 rings (SSSR count). The first kappa shape index (κ1) is 32.0. The van der Waals surface area contributed by atoms with E-state index in [1.165, 1.54) is 12.4 Å². The van der Waals surface area contributed by atoms with Crippen LogP contribution in [0.15, 0.2) is 71.7 Å². The molecule has 0 unspecified atom stereocenters. The van der Waals surface area contributed by atoms with Gasteiger partial charge in [-0.05, 0) is 73.5 Å². The van der Waals surface area contributed by atoms with Crippen LogP contribution in [-0.4, -0.2) is 46.5 Å².